The molecule has 0 spiro atoms. The van der Waals surface area contributed by atoms with Crippen LogP contribution in [0.25, 0.3) is 21.5 Å². The van der Waals surface area contributed by atoms with Crippen LogP contribution in [0.2, 0.25) is 0 Å². The summed E-state index contributed by atoms with van der Waals surface area (Å²) in [5.74, 6) is -0.0909. The molecule has 0 radical (unpaired) electrons. The number of carbonyl (C=O) groups excluding carboxylic acids is 1. The fraction of sp³-hybridized carbons (Fsp3) is 0.208. The van der Waals surface area contributed by atoms with Crippen molar-refractivity contribution in [3.8, 4) is 0 Å². The summed E-state index contributed by atoms with van der Waals surface area (Å²) in [4.78, 5) is 25.3. The molecule has 3 aromatic carbocycles. The van der Waals surface area contributed by atoms with Gasteiger partial charge in [-0.05, 0) is 22.4 Å². The van der Waals surface area contributed by atoms with Crippen LogP contribution in [-0.2, 0) is 29.0 Å². The third-order valence-electron chi connectivity index (χ3n) is 5.14. The molecule has 1 N–H and O–H groups in total. The second-order valence-corrected chi connectivity index (χ2v) is 7.11. The highest BCUT2D eigenvalue weighted by atomic mass is 16.5. The number of rotatable bonds is 7. The molecule has 0 atom stereocenters. The summed E-state index contributed by atoms with van der Waals surface area (Å²) < 4.78 is 6.48. The van der Waals surface area contributed by atoms with Gasteiger partial charge in [0.15, 0.2) is 0 Å². The molecule has 0 unspecified atom stereocenters. The van der Waals surface area contributed by atoms with E-state index in [1.807, 2.05) is 60.7 Å². The number of ether oxygens (including phenoxy) is 1. The normalized spacial score (nSPS) is 11.1. The average molecular weight is 401 g/mol. The second-order valence-electron chi connectivity index (χ2n) is 7.11. The molecule has 1 aromatic heterocycles. The van der Waals surface area contributed by atoms with Crippen molar-refractivity contribution in [3.05, 3.63) is 88.3 Å². The summed E-state index contributed by atoms with van der Waals surface area (Å²) in [7, 11) is 1.58. The van der Waals surface area contributed by atoms with E-state index in [1.54, 1.807) is 13.2 Å². The summed E-state index contributed by atoms with van der Waals surface area (Å²) in [6.45, 7) is 0.993. The zero-order valence-electron chi connectivity index (χ0n) is 16.8. The van der Waals surface area contributed by atoms with Crippen molar-refractivity contribution < 1.29 is 9.53 Å². The van der Waals surface area contributed by atoms with E-state index in [0.29, 0.717) is 24.2 Å². The molecule has 4 rings (SSSR count). The lowest BCUT2D eigenvalue weighted by Gasteiger charge is -2.12. The molecule has 0 saturated heterocycles. The Balaban J connectivity index is 1.56. The monoisotopic (exact) mass is 401 g/mol. The van der Waals surface area contributed by atoms with Crippen molar-refractivity contribution in [2.24, 2.45) is 0 Å². The van der Waals surface area contributed by atoms with E-state index in [1.165, 1.54) is 4.68 Å². The van der Waals surface area contributed by atoms with Crippen molar-refractivity contribution in [3.63, 3.8) is 0 Å². The Bertz CT molecular complexity index is 1260. The van der Waals surface area contributed by atoms with Gasteiger partial charge in [0.05, 0.1) is 37.2 Å². The standard InChI is InChI=1S/C24H23N3O3/c1-30-14-13-27-24(29)21-12-5-4-11-20(21)22(26-27)16-25-23(28)15-18-9-6-8-17-7-2-3-10-19(17)18/h2-12H,13-16H2,1H3,(H,25,28). The molecule has 0 bridgehead atoms. The number of benzene rings is 3. The topological polar surface area (TPSA) is 73.2 Å². The first-order valence-electron chi connectivity index (χ1n) is 9.88. The minimum atomic E-state index is -0.159. The van der Waals surface area contributed by atoms with Crippen molar-refractivity contribution in [2.45, 2.75) is 19.5 Å². The average Bonchev–Trinajstić information content (AvgIpc) is 2.78. The summed E-state index contributed by atoms with van der Waals surface area (Å²) >= 11 is 0. The highest BCUT2D eigenvalue weighted by molar-refractivity contribution is 5.90. The molecule has 152 valence electrons. The van der Waals surface area contributed by atoms with Gasteiger partial charge in [0.25, 0.3) is 5.56 Å². The van der Waals surface area contributed by atoms with Crippen LogP contribution in [0.5, 0.6) is 0 Å². The van der Waals surface area contributed by atoms with Gasteiger partial charge in [-0.3, -0.25) is 9.59 Å². The Morgan fingerprint density at radius 2 is 1.67 bits per heavy atom. The number of hydrogen-bond acceptors (Lipinski definition) is 4. The first-order valence-corrected chi connectivity index (χ1v) is 9.88. The molecule has 4 aromatic rings. The van der Waals surface area contributed by atoms with Gasteiger partial charge in [0, 0.05) is 12.5 Å². The van der Waals surface area contributed by atoms with Gasteiger partial charge < -0.3 is 10.1 Å². The predicted octanol–water partition coefficient (Wildman–Crippen LogP) is 3.06. The molecule has 1 amide bonds. The SMILES string of the molecule is COCCn1nc(CNC(=O)Cc2cccc3ccccc23)c2ccccc2c1=O. The van der Waals surface area contributed by atoms with Crippen LogP contribution in [-0.4, -0.2) is 29.4 Å². The molecular formula is C24H23N3O3. The molecule has 6 nitrogen and oxygen atoms in total. The van der Waals surface area contributed by atoms with Gasteiger partial charge in [-0.1, -0.05) is 60.7 Å². The Morgan fingerprint density at radius 1 is 0.967 bits per heavy atom. The number of aromatic nitrogens is 2. The lowest BCUT2D eigenvalue weighted by molar-refractivity contribution is -0.120. The molecule has 0 aliphatic carbocycles. The van der Waals surface area contributed by atoms with Crippen LogP contribution in [0.15, 0.2) is 71.5 Å². The number of fused-ring (bicyclic) bond motifs is 2. The van der Waals surface area contributed by atoms with E-state index >= 15 is 0 Å². The van der Waals surface area contributed by atoms with Crippen molar-refractivity contribution in [2.75, 3.05) is 13.7 Å². The molecule has 1 heterocycles. The van der Waals surface area contributed by atoms with Crippen molar-refractivity contribution in [1.29, 1.82) is 0 Å². The zero-order valence-corrected chi connectivity index (χ0v) is 16.8. The minimum absolute atomic E-state index is 0.0909. The van der Waals surface area contributed by atoms with E-state index in [4.69, 9.17) is 4.74 Å². The van der Waals surface area contributed by atoms with Gasteiger partial charge in [-0.25, -0.2) is 4.68 Å². The first kappa shape index (κ1) is 19.8. The van der Waals surface area contributed by atoms with Crippen LogP contribution in [0.4, 0.5) is 0 Å². The molecule has 30 heavy (non-hydrogen) atoms. The molecule has 0 aliphatic rings. The lowest BCUT2D eigenvalue weighted by Crippen LogP contribution is -2.30. The third kappa shape index (κ3) is 4.09. The highest BCUT2D eigenvalue weighted by Crippen LogP contribution is 2.19. The molecule has 0 fully saturated rings. The number of amides is 1. The van der Waals surface area contributed by atoms with Crippen LogP contribution in [0, 0.1) is 0 Å². The smallest absolute Gasteiger partial charge is 0.274 e. The van der Waals surface area contributed by atoms with E-state index < -0.39 is 0 Å². The van der Waals surface area contributed by atoms with Gasteiger partial charge >= 0.3 is 0 Å². The quantitative estimate of drug-likeness (QED) is 0.517. The molecule has 0 saturated carbocycles. The zero-order chi connectivity index (χ0) is 20.9. The lowest BCUT2D eigenvalue weighted by atomic mass is 10.0. The summed E-state index contributed by atoms with van der Waals surface area (Å²) in [6, 6.07) is 21.3. The Labute approximate surface area is 174 Å². The van der Waals surface area contributed by atoms with Crippen LogP contribution >= 0.6 is 0 Å². The summed E-state index contributed by atoms with van der Waals surface area (Å²) in [5, 5.41) is 11.0. The Kier molecular flexibility index (Phi) is 5.86. The first-order chi connectivity index (χ1) is 14.7. The van der Waals surface area contributed by atoms with Crippen LogP contribution < -0.4 is 10.9 Å². The van der Waals surface area contributed by atoms with Crippen molar-refractivity contribution >= 4 is 27.5 Å². The number of carbonyl (C=O) groups is 1. The summed E-state index contributed by atoms with van der Waals surface area (Å²) in [6.07, 6.45) is 0.280. The maximum Gasteiger partial charge on any atom is 0.274 e. The number of nitrogens with one attached hydrogen (secondary N) is 1. The molecule has 6 heteroatoms. The van der Waals surface area contributed by atoms with Gasteiger partial charge in [0.1, 0.15) is 0 Å². The van der Waals surface area contributed by atoms with Crippen LogP contribution in [0.3, 0.4) is 0 Å². The number of hydrogen-bond donors (Lipinski definition) is 1. The van der Waals surface area contributed by atoms with Gasteiger partial charge in [0.2, 0.25) is 5.91 Å². The van der Waals surface area contributed by atoms with Gasteiger partial charge in [-0.2, -0.15) is 5.10 Å². The molecular weight excluding hydrogens is 378 g/mol. The third-order valence-corrected chi connectivity index (χ3v) is 5.14. The number of methoxy groups -OCH3 is 1. The maximum atomic E-state index is 12.7. The molecule has 0 aliphatic heterocycles. The minimum Gasteiger partial charge on any atom is -0.383 e. The van der Waals surface area contributed by atoms with E-state index in [2.05, 4.69) is 10.4 Å². The van der Waals surface area contributed by atoms with E-state index in [-0.39, 0.29) is 24.4 Å². The van der Waals surface area contributed by atoms with E-state index in [9.17, 15) is 9.59 Å². The largest absolute Gasteiger partial charge is 0.383 e. The fourth-order valence-electron chi connectivity index (χ4n) is 3.63. The Morgan fingerprint density at radius 3 is 2.47 bits per heavy atom. The van der Waals surface area contributed by atoms with Crippen LogP contribution in [0.1, 0.15) is 11.3 Å². The maximum absolute atomic E-state index is 12.7. The number of nitrogens with zero attached hydrogens (tertiary/aromatic N) is 2. The second kappa shape index (κ2) is 8.88. The summed E-state index contributed by atoms with van der Waals surface area (Å²) in [5.41, 5.74) is 1.48. The predicted molar refractivity (Wildman–Crippen MR) is 117 cm³/mol. The van der Waals surface area contributed by atoms with Crippen molar-refractivity contribution in [1.82, 2.24) is 15.1 Å². The fourth-order valence-corrected chi connectivity index (χ4v) is 3.63. The highest BCUT2D eigenvalue weighted by Gasteiger charge is 2.12. The Hall–Kier alpha value is -3.51. The van der Waals surface area contributed by atoms with Gasteiger partial charge in [-0.15, -0.1) is 0 Å². The van der Waals surface area contributed by atoms with E-state index in [0.717, 1.165) is 21.7 Å².